The predicted molar refractivity (Wildman–Crippen MR) is 71.0 cm³/mol. The van der Waals surface area contributed by atoms with Crippen LogP contribution in [0.25, 0.3) is 11.4 Å². The number of hydrogen-bond donors (Lipinski definition) is 1. The molecule has 0 bridgehead atoms. The third-order valence-corrected chi connectivity index (χ3v) is 3.03. The molecule has 0 fully saturated rings. The Labute approximate surface area is 116 Å². The molecule has 7 heteroatoms. The summed E-state index contributed by atoms with van der Waals surface area (Å²) in [6.07, 6.45) is -0.567. The van der Waals surface area contributed by atoms with Gasteiger partial charge in [0.15, 0.2) is 5.82 Å². The van der Waals surface area contributed by atoms with Crippen LogP contribution in [-0.4, -0.2) is 44.5 Å². The number of aliphatic carboxylic acids is 1. The molecule has 1 N–H and O–H groups in total. The Morgan fingerprint density at radius 1 is 1.45 bits per heavy atom. The van der Waals surface area contributed by atoms with Crippen LogP contribution in [0.5, 0.6) is 0 Å². The fourth-order valence-corrected chi connectivity index (χ4v) is 1.95. The maximum atomic E-state index is 10.8. The summed E-state index contributed by atoms with van der Waals surface area (Å²) >= 11 is 0. The molecular weight excluding hydrogens is 260 g/mol. The highest BCUT2D eigenvalue weighted by Gasteiger charge is 2.18. The third-order valence-electron chi connectivity index (χ3n) is 3.03. The molecule has 2 rings (SSSR count). The van der Waals surface area contributed by atoms with Gasteiger partial charge in [0.05, 0.1) is 19.1 Å². The molecule has 1 atom stereocenters. The minimum absolute atomic E-state index is 0.0937. The molecule has 7 nitrogen and oxygen atoms in total. The van der Waals surface area contributed by atoms with Gasteiger partial charge in [-0.1, -0.05) is 24.3 Å². The molecule has 1 aromatic carbocycles. The van der Waals surface area contributed by atoms with E-state index in [0.29, 0.717) is 12.4 Å². The summed E-state index contributed by atoms with van der Waals surface area (Å²) in [5.41, 5.74) is 1.97. The Balaban J connectivity index is 2.25. The molecule has 0 amide bonds. The van der Waals surface area contributed by atoms with Crippen molar-refractivity contribution in [2.45, 2.75) is 26.0 Å². The molecule has 1 aromatic heterocycles. The zero-order valence-electron chi connectivity index (χ0n) is 11.4. The molecule has 0 aliphatic heterocycles. The van der Waals surface area contributed by atoms with E-state index in [2.05, 4.69) is 15.5 Å². The lowest BCUT2D eigenvalue weighted by Crippen LogP contribution is -2.23. The maximum absolute atomic E-state index is 10.8. The standard InChI is InChI=1S/C13H16N4O3/c1-9-5-3-4-6-11(9)13-14-15-16-17(13)8-10(20-2)7-12(18)19/h3-6,10H,7-8H2,1-2H3,(H,18,19). The van der Waals surface area contributed by atoms with Crippen LogP contribution in [0.4, 0.5) is 0 Å². The topological polar surface area (TPSA) is 90.1 Å². The molecule has 1 heterocycles. The van der Waals surface area contributed by atoms with E-state index < -0.39 is 12.1 Å². The molecule has 2 aromatic rings. The smallest absolute Gasteiger partial charge is 0.306 e. The summed E-state index contributed by atoms with van der Waals surface area (Å²) in [4.78, 5) is 10.8. The third kappa shape index (κ3) is 3.18. The first-order valence-electron chi connectivity index (χ1n) is 6.18. The number of hydrogen-bond acceptors (Lipinski definition) is 5. The molecule has 0 spiro atoms. The van der Waals surface area contributed by atoms with Gasteiger partial charge in [0, 0.05) is 12.7 Å². The number of carboxylic acids is 1. The summed E-state index contributed by atoms with van der Waals surface area (Å²) in [6.45, 7) is 2.26. The normalized spacial score (nSPS) is 12.3. The molecule has 0 aliphatic rings. The van der Waals surface area contributed by atoms with Crippen molar-refractivity contribution < 1.29 is 14.6 Å². The first-order valence-corrected chi connectivity index (χ1v) is 6.18. The van der Waals surface area contributed by atoms with Crippen molar-refractivity contribution in [3.8, 4) is 11.4 Å². The van der Waals surface area contributed by atoms with Gasteiger partial charge in [0.1, 0.15) is 0 Å². The minimum Gasteiger partial charge on any atom is -0.481 e. The van der Waals surface area contributed by atoms with Crippen molar-refractivity contribution in [3.63, 3.8) is 0 Å². The van der Waals surface area contributed by atoms with E-state index >= 15 is 0 Å². The van der Waals surface area contributed by atoms with E-state index in [1.165, 1.54) is 7.11 Å². The van der Waals surface area contributed by atoms with Gasteiger partial charge >= 0.3 is 5.97 Å². The zero-order chi connectivity index (χ0) is 14.5. The van der Waals surface area contributed by atoms with Gasteiger partial charge in [-0.15, -0.1) is 5.10 Å². The molecule has 0 radical (unpaired) electrons. The van der Waals surface area contributed by atoms with Crippen LogP contribution in [0, 0.1) is 6.92 Å². The quantitative estimate of drug-likeness (QED) is 0.850. The van der Waals surface area contributed by atoms with Gasteiger partial charge in [-0.25, -0.2) is 4.68 Å². The SMILES string of the molecule is COC(CC(=O)O)Cn1nnnc1-c1ccccc1C. The van der Waals surface area contributed by atoms with E-state index in [1.54, 1.807) is 4.68 Å². The van der Waals surface area contributed by atoms with Crippen LogP contribution in [0.15, 0.2) is 24.3 Å². The Bertz CT molecular complexity index is 597. The first-order chi connectivity index (χ1) is 9.61. The van der Waals surface area contributed by atoms with Crippen LogP contribution in [0.2, 0.25) is 0 Å². The lowest BCUT2D eigenvalue weighted by Gasteiger charge is -2.14. The van der Waals surface area contributed by atoms with Gasteiger partial charge in [0.2, 0.25) is 0 Å². The Kier molecular flexibility index (Phi) is 4.41. The highest BCUT2D eigenvalue weighted by Crippen LogP contribution is 2.20. The maximum Gasteiger partial charge on any atom is 0.306 e. The second kappa shape index (κ2) is 6.25. The van der Waals surface area contributed by atoms with E-state index in [-0.39, 0.29) is 6.42 Å². The van der Waals surface area contributed by atoms with Crippen LogP contribution < -0.4 is 0 Å². The summed E-state index contributed by atoms with van der Waals surface area (Å²) in [6, 6.07) is 7.75. The highest BCUT2D eigenvalue weighted by molar-refractivity contribution is 5.67. The molecule has 20 heavy (non-hydrogen) atoms. The largest absolute Gasteiger partial charge is 0.481 e. The molecular formula is C13H16N4O3. The second-order valence-electron chi connectivity index (χ2n) is 4.46. The van der Waals surface area contributed by atoms with E-state index in [9.17, 15) is 4.79 Å². The number of rotatable bonds is 6. The van der Waals surface area contributed by atoms with Crippen molar-refractivity contribution in [1.82, 2.24) is 20.2 Å². The number of tetrazole rings is 1. The van der Waals surface area contributed by atoms with Crippen LogP contribution in [0.3, 0.4) is 0 Å². The van der Waals surface area contributed by atoms with Crippen molar-refractivity contribution in [2.75, 3.05) is 7.11 Å². The van der Waals surface area contributed by atoms with Crippen LogP contribution in [-0.2, 0) is 16.1 Å². The summed E-state index contributed by atoms with van der Waals surface area (Å²) in [7, 11) is 1.48. The number of ether oxygens (including phenoxy) is 1. The molecule has 1 unspecified atom stereocenters. The van der Waals surface area contributed by atoms with Gasteiger partial charge < -0.3 is 9.84 Å². The number of aromatic nitrogens is 4. The lowest BCUT2D eigenvalue weighted by atomic mass is 10.1. The van der Waals surface area contributed by atoms with Crippen molar-refractivity contribution in [3.05, 3.63) is 29.8 Å². The van der Waals surface area contributed by atoms with Gasteiger partial charge in [0.25, 0.3) is 0 Å². The van der Waals surface area contributed by atoms with Crippen LogP contribution >= 0.6 is 0 Å². The fourth-order valence-electron chi connectivity index (χ4n) is 1.95. The van der Waals surface area contributed by atoms with Gasteiger partial charge in [-0.2, -0.15) is 0 Å². The summed E-state index contributed by atoms with van der Waals surface area (Å²) in [5, 5.41) is 20.4. The van der Waals surface area contributed by atoms with Gasteiger partial charge in [-0.3, -0.25) is 4.79 Å². The fraction of sp³-hybridized carbons (Fsp3) is 0.385. The van der Waals surface area contributed by atoms with Crippen molar-refractivity contribution in [1.29, 1.82) is 0 Å². The Morgan fingerprint density at radius 3 is 2.85 bits per heavy atom. The molecule has 106 valence electrons. The van der Waals surface area contributed by atoms with E-state index in [1.807, 2.05) is 31.2 Å². The van der Waals surface area contributed by atoms with Crippen molar-refractivity contribution in [2.24, 2.45) is 0 Å². The summed E-state index contributed by atoms with van der Waals surface area (Å²) < 4.78 is 6.73. The average molecular weight is 276 g/mol. The number of benzene rings is 1. The second-order valence-corrected chi connectivity index (χ2v) is 4.46. The molecule has 0 saturated heterocycles. The Morgan fingerprint density at radius 2 is 2.20 bits per heavy atom. The monoisotopic (exact) mass is 276 g/mol. The number of methoxy groups -OCH3 is 1. The van der Waals surface area contributed by atoms with Gasteiger partial charge in [-0.05, 0) is 22.9 Å². The van der Waals surface area contributed by atoms with E-state index in [4.69, 9.17) is 9.84 Å². The zero-order valence-corrected chi connectivity index (χ0v) is 11.4. The minimum atomic E-state index is -0.914. The van der Waals surface area contributed by atoms with E-state index in [0.717, 1.165) is 11.1 Å². The highest BCUT2D eigenvalue weighted by atomic mass is 16.5. The average Bonchev–Trinajstić information content (AvgIpc) is 2.86. The number of nitrogens with zero attached hydrogens (tertiary/aromatic N) is 4. The lowest BCUT2D eigenvalue weighted by molar-refractivity contribution is -0.139. The summed E-state index contributed by atoms with van der Waals surface area (Å²) in [5.74, 6) is -0.307. The number of carboxylic acid groups (broad SMARTS) is 1. The number of carbonyl (C=O) groups is 1. The molecule has 0 saturated carbocycles. The van der Waals surface area contributed by atoms with Crippen molar-refractivity contribution >= 4 is 5.97 Å². The molecule has 0 aliphatic carbocycles. The predicted octanol–water partition coefficient (Wildman–Crippen LogP) is 1.14. The first kappa shape index (κ1) is 14.1. The Hall–Kier alpha value is -2.28. The van der Waals surface area contributed by atoms with Crippen LogP contribution in [0.1, 0.15) is 12.0 Å². The number of aryl methyl sites for hydroxylation is 1.